The van der Waals surface area contributed by atoms with Crippen molar-refractivity contribution >= 4 is 95.0 Å². The minimum Gasteiger partial charge on any atom is -0.460 e. The molecular weight excluding hydrogens is 1320 g/mol. The Labute approximate surface area is 537 Å². The molecular formula is C58H80N8O22P3S2+. The molecule has 2 aromatic heterocycles. The van der Waals surface area contributed by atoms with Gasteiger partial charge in [-0.05, 0) is 95.7 Å². The first-order chi connectivity index (χ1) is 43.2. The highest BCUT2D eigenvalue weighted by Crippen LogP contribution is 2.68. The summed E-state index contributed by atoms with van der Waals surface area (Å²) in [6, 6.07) is 8.41. The zero-order valence-electron chi connectivity index (χ0n) is 52.4. The number of nitrogen functional groups attached to an aromatic ring is 1. The lowest BCUT2D eigenvalue weighted by molar-refractivity contribution is -0.437. The quantitative estimate of drug-likeness (QED) is 0.00819. The fraction of sp³-hybridized carbons (Fsp3) is 0.500. The minimum absolute atomic E-state index is 0.00966. The second-order valence-electron chi connectivity index (χ2n) is 24.6. The molecule has 0 aliphatic carbocycles. The number of imidazole rings is 1. The second kappa shape index (κ2) is 28.5. The van der Waals surface area contributed by atoms with E-state index in [2.05, 4.69) is 105 Å². The van der Waals surface area contributed by atoms with Crippen molar-refractivity contribution in [1.29, 1.82) is 0 Å². The molecule has 0 spiro atoms. The lowest BCUT2D eigenvalue weighted by Crippen LogP contribution is -2.45. The molecule has 1 fully saturated rings. The maximum absolute atomic E-state index is 13.3. The number of hydrogen-bond donors (Lipinski definition) is 10. The zero-order valence-corrected chi connectivity index (χ0v) is 56.8. The highest BCUT2D eigenvalue weighted by molar-refractivity contribution is 7.86. The van der Waals surface area contributed by atoms with Crippen LogP contribution < -0.4 is 26.2 Å². The molecule has 1 amide bonds. The first-order valence-electron chi connectivity index (χ1n) is 29.8. The second-order valence-corrected chi connectivity index (χ2v) is 32.2. The standard InChI is InChI=1S/C58H79N8O22P3S2/c1-9-66-43-32-44-40(31-39(43)36(2)33-57(66,6)7)37(29-47(85-44)56(3,4)5)19-13-12-14-20-46-58(8,41-30-38(93(80,81)82)22-23-42(41)64(46)26-18-28-92(77,78)79)24-17-21-48(67)60-25-15-10-11-16-27-83-89(71,72)87-91(75,76)88-90(73,74)84-34-45-50(68)51(69)54(86-45)65-35-61-49-52(65)62-55(59)63-53(49)70/h12-14,19-20,22-23,29-33,35,45,50-51,54,68-69H,9-11,15-18,21,24-28,34H2,1-8H3,(H8-,59,60,62,63,67,70,71,72,73,74,75,76,77,78,79,80,81,82)/p+1/t45-,50-,51-,54-,58?/m1/s1. The summed E-state index contributed by atoms with van der Waals surface area (Å²) in [5, 5.41) is 24.0. The van der Waals surface area contributed by atoms with Gasteiger partial charge in [-0.15, -0.1) is 0 Å². The number of hydrogen-bond acceptors (Lipinski definition) is 21. The molecule has 0 radical (unpaired) electrons. The summed E-state index contributed by atoms with van der Waals surface area (Å²) in [5.41, 5.74) is 9.83. The number of phosphoric ester groups is 2. The molecule has 510 valence electrons. The number of H-pyrrole nitrogens is 1. The number of nitrogens with zero attached hydrogens (tertiary/aromatic N) is 5. The van der Waals surface area contributed by atoms with Crippen LogP contribution in [0.25, 0.3) is 22.3 Å². The van der Waals surface area contributed by atoms with Crippen molar-refractivity contribution in [2.24, 2.45) is 5.41 Å². The monoisotopic (exact) mass is 1400 g/mol. The van der Waals surface area contributed by atoms with Crippen molar-refractivity contribution in [3.05, 3.63) is 112 Å². The number of amides is 1. The fourth-order valence-electron chi connectivity index (χ4n) is 11.7. The van der Waals surface area contributed by atoms with Crippen molar-refractivity contribution in [2.75, 3.05) is 49.2 Å². The van der Waals surface area contributed by atoms with Gasteiger partial charge < -0.3 is 50.3 Å². The van der Waals surface area contributed by atoms with Crippen LogP contribution in [0.3, 0.4) is 0 Å². The molecule has 35 heteroatoms. The lowest BCUT2D eigenvalue weighted by atomic mass is 9.75. The Morgan fingerprint density at radius 1 is 0.914 bits per heavy atom. The third-order valence-electron chi connectivity index (χ3n) is 16.1. The largest absolute Gasteiger partial charge is 0.490 e. The summed E-state index contributed by atoms with van der Waals surface area (Å²) in [7, 11) is -26.0. The molecule has 4 aromatic rings. The van der Waals surface area contributed by atoms with Crippen molar-refractivity contribution in [1.82, 2.24) is 24.8 Å². The number of aromatic amines is 1. The van der Waals surface area contributed by atoms with E-state index < -0.39 is 98.2 Å². The van der Waals surface area contributed by atoms with E-state index in [-0.39, 0.29) is 84.1 Å². The highest BCUT2D eigenvalue weighted by atomic mass is 32.2. The molecule has 8 rings (SSSR count). The summed E-state index contributed by atoms with van der Waals surface area (Å²) in [4.78, 5) is 67.8. The van der Waals surface area contributed by atoms with Gasteiger partial charge in [0.05, 0.1) is 41.1 Å². The molecule has 0 saturated carbocycles. The van der Waals surface area contributed by atoms with E-state index in [0.717, 1.165) is 56.9 Å². The number of carbonyl (C=O) groups is 1. The number of nitrogens with one attached hydrogen (secondary N) is 2. The van der Waals surface area contributed by atoms with Crippen molar-refractivity contribution in [2.45, 2.75) is 147 Å². The average molecular weight is 1400 g/mol. The van der Waals surface area contributed by atoms with Crippen LogP contribution in [0, 0.1) is 5.41 Å². The van der Waals surface area contributed by atoms with E-state index in [1.54, 1.807) is 6.08 Å². The smallest absolute Gasteiger partial charge is 0.460 e. The molecule has 4 aliphatic heterocycles. The van der Waals surface area contributed by atoms with Gasteiger partial charge in [-0.3, -0.25) is 37.3 Å². The number of likely N-dealkylation sites (N-methyl/N-ethyl adjacent to an activating group) is 1. The molecule has 0 bridgehead atoms. The molecule has 4 unspecified atom stereocenters. The van der Waals surface area contributed by atoms with Gasteiger partial charge in [-0.2, -0.15) is 35.0 Å². The number of allylic oxidation sites excluding steroid dienone is 9. The van der Waals surface area contributed by atoms with Gasteiger partial charge in [-0.25, -0.2) is 18.7 Å². The number of nitrogens with two attached hydrogens (primary N) is 1. The maximum atomic E-state index is 13.3. The molecule has 11 N–H and O–H groups in total. The summed E-state index contributed by atoms with van der Waals surface area (Å²) in [5.74, 6) is 0.346. The van der Waals surface area contributed by atoms with Gasteiger partial charge in [-0.1, -0.05) is 64.0 Å². The van der Waals surface area contributed by atoms with Crippen LogP contribution in [0.5, 0.6) is 5.75 Å². The third-order valence-corrected chi connectivity index (χ3v) is 22.0. The van der Waals surface area contributed by atoms with Gasteiger partial charge in [0.15, 0.2) is 23.1 Å². The first kappa shape index (κ1) is 73.0. The number of anilines is 2. The van der Waals surface area contributed by atoms with E-state index in [9.17, 15) is 74.1 Å². The van der Waals surface area contributed by atoms with E-state index in [0.29, 0.717) is 36.2 Å². The van der Waals surface area contributed by atoms with Crippen LogP contribution in [-0.2, 0) is 66.5 Å². The van der Waals surface area contributed by atoms with Crippen molar-refractivity contribution < 1.29 is 101 Å². The van der Waals surface area contributed by atoms with Crippen LogP contribution in [0.2, 0.25) is 0 Å². The number of fused-ring (bicyclic) bond motifs is 4. The molecule has 6 heterocycles. The van der Waals surface area contributed by atoms with E-state index >= 15 is 0 Å². The molecule has 8 atom stereocenters. The Hall–Kier alpha value is -5.86. The Morgan fingerprint density at radius 2 is 1.61 bits per heavy atom. The number of aliphatic hydroxyl groups is 2. The Morgan fingerprint density at radius 3 is 2.29 bits per heavy atom. The van der Waals surface area contributed by atoms with Gasteiger partial charge in [0.1, 0.15) is 36.4 Å². The van der Waals surface area contributed by atoms with Gasteiger partial charge in [0.2, 0.25) is 17.5 Å². The van der Waals surface area contributed by atoms with Gasteiger partial charge >= 0.3 is 23.5 Å². The molecule has 2 aromatic carbocycles. The Bertz CT molecular complexity index is 4180. The highest BCUT2D eigenvalue weighted by Gasteiger charge is 2.50. The topological polar surface area (TPSA) is 441 Å². The normalized spacial score (nSPS) is 23.1. The van der Waals surface area contributed by atoms with E-state index in [1.807, 2.05) is 41.9 Å². The lowest BCUT2D eigenvalue weighted by Gasteiger charge is -2.43. The maximum Gasteiger partial charge on any atom is 0.490 e. The summed E-state index contributed by atoms with van der Waals surface area (Å²) < 4.78 is 139. The van der Waals surface area contributed by atoms with Crippen LogP contribution in [0.1, 0.15) is 130 Å². The number of aromatic nitrogens is 4. The predicted molar refractivity (Wildman–Crippen MR) is 343 cm³/mol. The number of phosphoric acid groups is 3. The van der Waals surface area contributed by atoms with Gasteiger partial charge in [0, 0.05) is 71.9 Å². The number of aliphatic hydroxyl groups excluding tert-OH is 2. The summed E-state index contributed by atoms with van der Waals surface area (Å²) in [6.07, 6.45) is 10.0. The van der Waals surface area contributed by atoms with Crippen molar-refractivity contribution in [3.63, 3.8) is 0 Å². The average Bonchev–Trinajstić information content (AvgIpc) is 1.72. The number of rotatable bonds is 29. The molecule has 30 nitrogen and oxygen atoms in total. The number of carbonyl (C=O) groups excluding carboxylic acids is 1. The molecule has 4 aliphatic rings. The fourth-order valence-corrected chi connectivity index (χ4v) is 16.3. The Kier molecular flexibility index (Phi) is 22.3. The van der Waals surface area contributed by atoms with E-state index in [4.69, 9.17) is 19.7 Å². The zero-order chi connectivity index (χ0) is 68.4. The SMILES string of the molecule is CCN1c2cc3c(cc2C(C)=CC1(C)C)C(=CC=CC=CC1=[N+](CCCS(=O)(=O)O)c2ccc(S(=O)(=O)O)cc2C1(C)CCCC(=O)NCCCCCCOP(=O)(O)OP(=O)(O)OP(=O)(O)OC[C@H]1O[C@@H](n2cnc4c(=O)[nH]c(N)nc42)[C@H](O)[C@@H]1O)C=C(C(C)(C)C)O3. The number of ether oxygens (including phenoxy) is 2. The first-order valence-corrected chi connectivity index (χ1v) is 37.3. The minimum atomic E-state index is -5.89. The van der Waals surface area contributed by atoms with E-state index in [1.165, 1.54) is 18.2 Å². The number of benzene rings is 2. The number of unbranched alkanes of at least 4 members (excludes halogenated alkanes) is 3. The molecule has 1 saturated heterocycles. The third kappa shape index (κ3) is 17.8. The van der Waals surface area contributed by atoms with Crippen LogP contribution >= 0.6 is 23.5 Å². The predicted octanol–water partition coefficient (Wildman–Crippen LogP) is 7.66. The summed E-state index contributed by atoms with van der Waals surface area (Å²) >= 11 is 0. The van der Waals surface area contributed by atoms with Crippen molar-refractivity contribution in [3.8, 4) is 5.75 Å². The summed E-state index contributed by atoms with van der Waals surface area (Å²) in [6.45, 7) is 16.3. The Balaban J connectivity index is 0.845. The van der Waals surface area contributed by atoms with Crippen LogP contribution in [0.15, 0.2) is 94.6 Å². The van der Waals surface area contributed by atoms with Gasteiger partial charge in [0.25, 0.3) is 25.8 Å². The van der Waals surface area contributed by atoms with Crippen LogP contribution in [0.4, 0.5) is 17.3 Å². The molecule has 93 heavy (non-hydrogen) atoms. The van der Waals surface area contributed by atoms with Crippen LogP contribution in [-0.4, -0.2) is 149 Å².